The highest BCUT2D eigenvalue weighted by atomic mass is 16.5. The van der Waals surface area contributed by atoms with Gasteiger partial charge in [0.05, 0.1) is 12.3 Å². The van der Waals surface area contributed by atoms with Gasteiger partial charge < -0.3 is 9.64 Å². The number of benzene rings is 1. The van der Waals surface area contributed by atoms with Crippen LogP contribution in [0.4, 0.5) is 0 Å². The summed E-state index contributed by atoms with van der Waals surface area (Å²) < 4.78 is 7.09. The van der Waals surface area contributed by atoms with Crippen molar-refractivity contribution in [1.29, 1.82) is 0 Å². The molecule has 5 nitrogen and oxygen atoms in total. The highest BCUT2D eigenvalue weighted by molar-refractivity contribution is 5.93. The maximum absolute atomic E-state index is 12.8. The van der Waals surface area contributed by atoms with Gasteiger partial charge in [-0.2, -0.15) is 5.10 Å². The molecule has 0 N–H and O–H groups in total. The number of carbonyl (C=O) groups is 1. The number of terminal acetylenes is 1. The smallest absolute Gasteiger partial charge is 0.272 e. The number of aromatic nitrogens is 2. The lowest BCUT2D eigenvalue weighted by atomic mass is 9.97. The minimum Gasteiger partial charge on any atom is -0.369 e. The van der Waals surface area contributed by atoms with Crippen molar-refractivity contribution in [1.82, 2.24) is 14.7 Å². The number of hydrogen-bond donors (Lipinski definition) is 0. The average molecular weight is 337 g/mol. The molecular formula is C20H23N3O2. The van der Waals surface area contributed by atoms with Crippen LogP contribution in [0.1, 0.15) is 23.3 Å². The summed E-state index contributed by atoms with van der Waals surface area (Å²) in [7, 11) is 1.82. The highest BCUT2D eigenvalue weighted by Gasteiger charge is 2.26. The number of nitrogens with zero attached hydrogens (tertiary/aromatic N) is 3. The molecule has 3 rings (SSSR count). The molecule has 25 heavy (non-hydrogen) atoms. The SMILES string of the molecule is C#CCOCC1CCN(C(=O)c2cc(-c3ccccc3)nn2C)CC1. The second-order valence-corrected chi connectivity index (χ2v) is 6.36. The third-order valence-corrected chi connectivity index (χ3v) is 4.61. The van der Waals surface area contributed by atoms with E-state index in [0.717, 1.165) is 37.2 Å². The Morgan fingerprint density at radius 1 is 1.32 bits per heavy atom. The number of hydrogen-bond acceptors (Lipinski definition) is 3. The van der Waals surface area contributed by atoms with E-state index in [1.807, 2.05) is 48.3 Å². The Morgan fingerprint density at radius 3 is 2.72 bits per heavy atom. The van der Waals surface area contributed by atoms with Crippen LogP contribution in [0.5, 0.6) is 0 Å². The largest absolute Gasteiger partial charge is 0.369 e. The first-order valence-electron chi connectivity index (χ1n) is 8.59. The minimum atomic E-state index is 0.0418. The van der Waals surface area contributed by atoms with Crippen LogP contribution in [0.2, 0.25) is 0 Å². The monoisotopic (exact) mass is 337 g/mol. The summed E-state index contributed by atoms with van der Waals surface area (Å²) in [6.45, 7) is 2.52. The molecule has 1 fully saturated rings. The van der Waals surface area contributed by atoms with Gasteiger partial charge in [-0.1, -0.05) is 36.3 Å². The minimum absolute atomic E-state index is 0.0418. The van der Waals surface area contributed by atoms with Crippen LogP contribution in [0.25, 0.3) is 11.3 Å². The fraction of sp³-hybridized carbons (Fsp3) is 0.400. The van der Waals surface area contributed by atoms with Crippen molar-refractivity contribution in [2.45, 2.75) is 12.8 Å². The number of ether oxygens (including phenoxy) is 1. The van der Waals surface area contributed by atoms with Crippen LogP contribution in [0.15, 0.2) is 36.4 Å². The summed E-state index contributed by atoms with van der Waals surface area (Å²) in [6.07, 6.45) is 7.08. The molecule has 1 saturated heterocycles. The van der Waals surface area contributed by atoms with E-state index in [0.29, 0.717) is 24.8 Å². The third-order valence-electron chi connectivity index (χ3n) is 4.61. The van der Waals surface area contributed by atoms with Crippen LogP contribution in [-0.2, 0) is 11.8 Å². The molecule has 1 aliphatic rings. The quantitative estimate of drug-likeness (QED) is 0.622. The lowest BCUT2D eigenvalue weighted by Crippen LogP contribution is -2.40. The standard InChI is InChI=1S/C20H23N3O2/c1-3-13-25-15-16-9-11-23(12-10-16)20(24)19-14-18(21-22(19)2)17-7-5-4-6-8-17/h1,4-8,14,16H,9-13,15H2,2H3. The molecule has 5 heteroatoms. The van der Waals surface area contributed by atoms with Gasteiger partial charge in [-0.15, -0.1) is 6.42 Å². The lowest BCUT2D eigenvalue weighted by Gasteiger charge is -2.31. The summed E-state index contributed by atoms with van der Waals surface area (Å²) in [5.41, 5.74) is 2.46. The normalized spacial score (nSPS) is 15.1. The van der Waals surface area contributed by atoms with Crippen LogP contribution in [-0.4, -0.2) is 46.9 Å². The Bertz CT molecular complexity index is 753. The lowest BCUT2D eigenvalue weighted by molar-refractivity contribution is 0.0573. The molecule has 0 aliphatic carbocycles. The molecule has 1 aromatic carbocycles. The fourth-order valence-corrected chi connectivity index (χ4v) is 3.17. The van der Waals surface area contributed by atoms with Gasteiger partial charge >= 0.3 is 0 Å². The zero-order chi connectivity index (χ0) is 17.6. The van der Waals surface area contributed by atoms with Crippen LogP contribution in [0.3, 0.4) is 0 Å². The van der Waals surface area contributed by atoms with Crippen molar-refractivity contribution in [3.05, 3.63) is 42.1 Å². The van der Waals surface area contributed by atoms with Crippen molar-refractivity contribution in [3.63, 3.8) is 0 Å². The van der Waals surface area contributed by atoms with Crippen LogP contribution >= 0.6 is 0 Å². The molecule has 1 aliphatic heterocycles. The van der Waals surface area contributed by atoms with Crippen molar-refractivity contribution in [3.8, 4) is 23.6 Å². The Balaban J connectivity index is 1.63. The fourth-order valence-electron chi connectivity index (χ4n) is 3.17. The maximum Gasteiger partial charge on any atom is 0.272 e. The first kappa shape index (κ1) is 17.2. The molecule has 0 radical (unpaired) electrons. The van der Waals surface area contributed by atoms with Gasteiger partial charge in [0.25, 0.3) is 5.91 Å². The van der Waals surface area contributed by atoms with E-state index in [4.69, 9.17) is 11.2 Å². The summed E-state index contributed by atoms with van der Waals surface area (Å²) in [5.74, 6) is 3.00. The summed E-state index contributed by atoms with van der Waals surface area (Å²) in [4.78, 5) is 14.7. The molecule has 2 heterocycles. The molecule has 0 spiro atoms. The average Bonchev–Trinajstić information content (AvgIpc) is 3.04. The van der Waals surface area contributed by atoms with Crippen LogP contribution < -0.4 is 0 Å². The van der Waals surface area contributed by atoms with E-state index in [-0.39, 0.29) is 5.91 Å². The Morgan fingerprint density at radius 2 is 2.04 bits per heavy atom. The first-order valence-corrected chi connectivity index (χ1v) is 8.59. The van der Waals surface area contributed by atoms with E-state index >= 15 is 0 Å². The topological polar surface area (TPSA) is 47.4 Å². The number of rotatable bonds is 5. The molecular weight excluding hydrogens is 314 g/mol. The first-order chi connectivity index (χ1) is 12.2. The van der Waals surface area contributed by atoms with Crippen LogP contribution in [0, 0.1) is 18.3 Å². The van der Waals surface area contributed by atoms with Gasteiger partial charge in [-0.25, -0.2) is 0 Å². The van der Waals surface area contributed by atoms with Crippen molar-refractivity contribution < 1.29 is 9.53 Å². The number of aryl methyl sites for hydroxylation is 1. The predicted octanol–water partition coefficient (Wildman–Crippen LogP) is 2.59. The van der Waals surface area contributed by atoms with Gasteiger partial charge in [0, 0.05) is 25.7 Å². The van der Waals surface area contributed by atoms with E-state index < -0.39 is 0 Å². The van der Waals surface area contributed by atoms with Gasteiger partial charge in [0.15, 0.2) is 0 Å². The van der Waals surface area contributed by atoms with E-state index in [1.54, 1.807) is 4.68 Å². The number of amides is 1. The van der Waals surface area contributed by atoms with Gasteiger partial charge in [-0.05, 0) is 24.8 Å². The Hall–Kier alpha value is -2.58. The molecule has 1 amide bonds. The number of piperidine rings is 1. The van der Waals surface area contributed by atoms with Crippen molar-refractivity contribution in [2.24, 2.45) is 13.0 Å². The molecule has 1 aromatic heterocycles. The zero-order valence-electron chi connectivity index (χ0n) is 14.5. The van der Waals surface area contributed by atoms with E-state index in [2.05, 4.69) is 11.0 Å². The van der Waals surface area contributed by atoms with E-state index in [9.17, 15) is 4.79 Å². The molecule has 0 bridgehead atoms. The summed E-state index contributed by atoms with van der Waals surface area (Å²) in [5, 5.41) is 4.49. The van der Waals surface area contributed by atoms with Crippen molar-refractivity contribution in [2.75, 3.05) is 26.3 Å². The third kappa shape index (κ3) is 4.09. The molecule has 130 valence electrons. The zero-order valence-corrected chi connectivity index (χ0v) is 14.5. The van der Waals surface area contributed by atoms with Gasteiger partial charge in [0.1, 0.15) is 12.3 Å². The summed E-state index contributed by atoms with van der Waals surface area (Å²) in [6, 6.07) is 11.8. The predicted molar refractivity (Wildman–Crippen MR) is 96.9 cm³/mol. The second kappa shape index (κ2) is 8.00. The Kier molecular flexibility index (Phi) is 5.52. The van der Waals surface area contributed by atoms with Crippen molar-refractivity contribution >= 4 is 5.91 Å². The van der Waals surface area contributed by atoms with E-state index in [1.165, 1.54) is 0 Å². The van der Waals surface area contributed by atoms with Gasteiger partial charge in [0.2, 0.25) is 0 Å². The number of carbonyl (C=O) groups excluding carboxylic acids is 1. The molecule has 0 saturated carbocycles. The highest BCUT2D eigenvalue weighted by Crippen LogP contribution is 2.22. The molecule has 0 unspecified atom stereocenters. The second-order valence-electron chi connectivity index (χ2n) is 6.36. The van der Waals surface area contributed by atoms with Gasteiger partial charge in [-0.3, -0.25) is 9.48 Å². The number of likely N-dealkylation sites (tertiary alicyclic amines) is 1. The summed E-state index contributed by atoms with van der Waals surface area (Å²) >= 11 is 0. The molecule has 2 aromatic rings. The maximum atomic E-state index is 12.8. The molecule has 0 atom stereocenters. The Labute approximate surface area is 148 Å².